The zero-order chi connectivity index (χ0) is 23.3. The highest BCUT2D eigenvalue weighted by Gasteiger charge is 2.39. The Hall–Kier alpha value is -3.38. The molecule has 0 unspecified atom stereocenters. The number of nitrogens with two attached hydrogens (primary N) is 1. The van der Waals surface area contributed by atoms with Crippen molar-refractivity contribution in [2.75, 3.05) is 18.8 Å². The summed E-state index contributed by atoms with van der Waals surface area (Å²) in [6, 6.07) is 3.49. The van der Waals surface area contributed by atoms with Crippen LogP contribution in [0.5, 0.6) is 0 Å². The first-order valence-corrected chi connectivity index (χ1v) is 10.4. The van der Waals surface area contributed by atoms with Crippen LogP contribution in [-0.4, -0.2) is 47.4 Å². The van der Waals surface area contributed by atoms with Gasteiger partial charge in [-0.05, 0) is 24.1 Å². The number of nitrogens with zero attached hydrogens (tertiary/aromatic N) is 7. The molecule has 5 rings (SSSR count). The van der Waals surface area contributed by atoms with Crippen molar-refractivity contribution in [1.29, 1.82) is 0 Å². The van der Waals surface area contributed by atoms with Crippen LogP contribution in [0.2, 0.25) is 5.15 Å². The van der Waals surface area contributed by atoms with Gasteiger partial charge in [-0.3, -0.25) is 9.58 Å². The predicted molar refractivity (Wildman–Crippen MR) is 114 cm³/mol. The van der Waals surface area contributed by atoms with Crippen molar-refractivity contribution in [3.05, 3.63) is 52.8 Å². The molecule has 1 aliphatic heterocycles. The Balaban J connectivity index is 1.38. The van der Waals surface area contributed by atoms with Crippen molar-refractivity contribution in [2.24, 2.45) is 7.05 Å². The number of halogens is 4. The van der Waals surface area contributed by atoms with E-state index < -0.39 is 11.9 Å². The zero-order valence-corrected chi connectivity index (χ0v) is 18.1. The standard InChI is InChI=1S/C20H18ClF3N8O/c1-30-16(21)12(15(28-30)20(22,23)24)9-31-6-4-11(5-7-31)13-10-32-19(17(25)26-13)27-18(29-32)14-3-2-8-33-14/h2-4,8,10H,5-7,9H2,1H3,(H2,25,26). The van der Waals surface area contributed by atoms with Gasteiger partial charge in [-0.2, -0.15) is 18.3 Å². The number of aromatic nitrogens is 6. The van der Waals surface area contributed by atoms with E-state index in [1.54, 1.807) is 22.8 Å². The fraction of sp³-hybridized carbons (Fsp3) is 0.300. The Bertz CT molecular complexity index is 1360. The van der Waals surface area contributed by atoms with E-state index >= 15 is 0 Å². The Kier molecular flexibility index (Phi) is 5.13. The second-order valence-electron chi connectivity index (χ2n) is 7.65. The summed E-state index contributed by atoms with van der Waals surface area (Å²) in [5.74, 6) is 1.13. The average Bonchev–Trinajstić information content (AvgIpc) is 3.50. The first-order valence-electron chi connectivity index (χ1n) is 9.98. The van der Waals surface area contributed by atoms with Gasteiger partial charge in [0.1, 0.15) is 5.15 Å². The summed E-state index contributed by atoms with van der Waals surface area (Å²) >= 11 is 6.09. The highest BCUT2D eigenvalue weighted by molar-refractivity contribution is 6.30. The van der Waals surface area contributed by atoms with Gasteiger partial charge in [0.05, 0.1) is 18.2 Å². The maximum absolute atomic E-state index is 13.3. The Morgan fingerprint density at radius 3 is 2.73 bits per heavy atom. The average molecular weight is 479 g/mol. The highest BCUT2D eigenvalue weighted by atomic mass is 35.5. The molecule has 0 saturated carbocycles. The van der Waals surface area contributed by atoms with Crippen molar-refractivity contribution >= 4 is 28.6 Å². The number of aryl methyl sites for hydroxylation is 1. The normalized spacial score (nSPS) is 15.4. The Morgan fingerprint density at radius 1 is 1.24 bits per heavy atom. The monoisotopic (exact) mass is 478 g/mol. The smallest absolute Gasteiger partial charge is 0.435 e. The van der Waals surface area contributed by atoms with Crippen LogP contribution in [-0.2, 0) is 19.8 Å². The van der Waals surface area contributed by atoms with Crippen LogP contribution in [0.4, 0.5) is 19.0 Å². The molecule has 4 aromatic rings. The Morgan fingerprint density at radius 2 is 2.06 bits per heavy atom. The number of hydrogen-bond acceptors (Lipinski definition) is 7. The van der Waals surface area contributed by atoms with Gasteiger partial charge in [-0.25, -0.2) is 14.5 Å². The van der Waals surface area contributed by atoms with E-state index in [1.165, 1.54) is 13.3 Å². The van der Waals surface area contributed by atoms with Gasteiger partial charge >= 0.3 is 6.18 Å². The fourth-order valence-electron chi connectivity index (χ4n) is 3.80. The third-order valence-corrected chi connectivity index (χ3v) is 5.90. The van der Waals surface area contributed by atoms with Crippen LogP contribution < -0.4 is 5.73 Å². The van der Waals surface area contributed by atoms with Gasteiger partial charge in [0.2, 0.25) is 5.82 Å². The number of nitrogen functional groups attached to an aromatic ring is 1. The summed E-state index contributed by atoms with van der Waals surface area (Å²) in [5, 5.41) is 7.93. The minimum atomic E-state index is -4.57. The number of rotatable bonds is 4. The maximum atomic E-state index is 13.3. The van der Waals surface area contributed by atoms with Gasteiger partial charge < -0.3 is 10.2 Å². The number of anilines is 1. The molecular formula is C20H18ClF3N8O. The fourth-order valence-corrected chi connectivity index (χ4v) is 3.99. The molecule has 0 aromatic carbocycles. The molecule has 13 heteroatoms. The first-order chi connectivity index (χ1) is 15.7. The maximum Gasteiger partial charge on any atom is 0.435 e. The van der Waals surface area contributed by atoms with Crippen molar-refractivity contribution < 1.29 is 17.6 Å². The first kappa shape index (κ1) is 21.5. The molecule has 0 aliphatic carbocycles. The largest absolute Gasteiger partial charge is 0.461 e. The second kappa shape index (κ2) is 7.89. The number of hydrogen-bond donors (Lipinski definition) is 1. The van der Waals surface area contributed by atoms with E-state index in [1.807, 2.05) is 11.0 Å². The molecule has 0 saturated heterocycles. The number of furan rings is 1. The van der Waals surface area contributed by atoms with Crippen molar-refractivity contribution in [1.82, 2.24) is 34.3 Å². The van der Waals surface area contributed by atoms with E-state index in [0.717, 1.165) is 10.3 Å². The van der Waals surface area contributed by atoms with E-state index in [-0.39, 0.29) is 23.1 Å². The van der Waals surface area contributed by atoms with Crippen LogP contribution in [0.25, 0.3) is 22.8 Å². The van der Waals surface area contributed by atoms with E-state index in [2.05, 4.69) is 20.2 Å². The van der Waals surface area contributed by atoms with Crippen LogP contribution in [0.1, 0.15) is 23.4 Å². The summed E-state index contributed by atoms with van der Waals surface area (Å²) in [6.45, 7) is 0.977. The van der Waals surface area contributed by atoms with Crippen LogP contribution in [0.3, 0.4) is 0 Å². The number of fused-ring (bicyclic) bond motifs is 1. The molecule has 0 bridgehead atoms. The predicted octanol–water partition coefficient (Wildman–Crippen LogP) is 3.66. The molecule has 0 radical (unpaired) electrons. The molecule has 0 amide bonds. The molecule has 172 valence electrons. The van der Waals surface area contributed by atoms with Gasteiger partial charge in [0.25, 0.3) is 0 Å². The molecule has 0 atom stereocenters. The molecule has 9 nitrogen and oxygen atoms in total. The lowest BCUT2D eigenvalue weighted by molar-refractivity contribution is -0.142. The quantitative estimate of drug-likeness (QED) is 0.477. The van der Waals surface area contributed by atoms with Gasteiger partial charge in [0, 0.05) is 32.2 Å². The van der Waals surface area contributed by atoms with Crippen LogP contribution in [0, 0.1) is 0 Å². The van der Waals surface area contributed by atoms with Crippen LogP contribution in [0.15, 0.2) is 35.1 Å². The molecule has 33 heavy (non-hydrogen) atoms. The summed E-state index contributed by atoms with van der Waals surface area (Å²) < 4.78 is 47.9. The Labute approximate surface area is 190 Å². The molecule has 4 aromatic heterocycles. The summed E-state index contributed by atoms with van der Waals surface area (Å²) in [5.41, 5.74) is 7.08. The van der Waals surface area contributed by atoms with Gasteiger partial charge in [-0.15, -0.1) is 5.10 Å². The van der Waals surface area contributed by atoms with E-state index in [4.69, 9.17) is 21.8 Å². The zero-order valence-electron chi connectivity index (χ0n) is 17.3. The molecule has 1 aliphatic rings. The molecular weight excluding hydrogens is 461 g/mol. The summed E-state index contributed by atoms with van der Waals surface area (Å²) in [7, 11) is 1.39. The van der Waals surface area contributed by atoms with Gasteiger partial charge in [0.15, 0.2) is 22.9 Å². The lowest BCUT2D eigenvalue weighted by Crippen LogP contribution is -2.29. The molecule has 0 fully saturated rings. The lowest BCUT2D eigenvalue weighted by atomic mass is 10.0. The lowest BCUT2D eigenvalue weighted by Gasteiger charge is -2.26. The van der Waals surface area contributed by atoms with Crippen molar-refractivity contribution in [3.8, 4) is 11.6 Å². The third kappa shape index (κ3) is 3.95. The topological polar surface area (TPSA) is 103 Å². The number of alkyl halides is 3. The minimum absolute atomic E-state index is 0.0180. The molecule has 2 N–H and O–H groups in total. The second-order valence-corrected chi connectivity index (χ2v) is 8.00. The summed E-state index contributed by atoms with van der Waals surface area (Å²) in [6.07, 6.45) is 1.17. The van der Waals surface area contributed by atoms with Crippen molar-refractivity contribution in [2.45, 2.75) is 19.1 Å². The third-order valence-electron chi connectivity index (χ3n) is 5.43. The van der Waals surface area contributed by atoms with E-state index in [9.17, 15) is 13.2 Å². The highest BCUT2D eigenvalue weighted by Crippen LogP contribution is 2.35. The van der Waals surface area contributed by atoms with Gasteiger partial charge in [-0.1, -0.05) is 17.7 Å². The summed E-state index contributed by atoms with van der Waals surface area (Å²) in [4.78, 5) is 10.7. The minimum Gasteiger partial charge on any atom is -0.461 e. The molecule has 5 heterocycles. The molecule has 0 spiro atoms. The van der Waals surface area contributed by atoms with Crippen LogP contribution >= 0.6 is 11.6 Å². The SMILES string of the molecule is Cn1nc(C(F)(F)F)c(CN2CC=C(c3cn4nc(-c5ccco5)nc4c(N)n3)CC2)c1Cl. The van der Waals surface area contributed by atoms with Crippen molar-refractivity contribution in [3.63, 3.8) is 0 Å². The van der Waals surface area contributed by atoms with E-state index in [0.29, 0.717) is 42.4 Å².